The van der Waals surface area contributed by atoms with Gasteiger partial charge in [0.2, 0.25) is 0 Å². The van der Waals surface area contributed by atoms with Gasteiger partial charge in [-0.05, 0) is 48.6 Å². The number of pyridine rings is 1. The molecule has 1 amide bonds. The SMILES string of the molecule is CC(C)[C@H]1CN(C(=O)c2cccc3cnccc23)CCCN1CC1CC1. The van der Waals surface area contributed by atoms with E-state index in [2.05, 4.69) is 28.6 Å². The van der Waals surface area contributed by atoms with Crippen LogP contribution in [0.1, 0.15) is 43.5 Å². The second-order valence-electron chi connectivity index (χ2n) is 8.26. The molecule has 4 nitrogen and oxygen atoms in total. The number of amides is 1. The molecule has 0 radical (unpaired) electrons. The van der Waals surface area contributed by atoms with Crippen molar-refractivity contribution in [3.8, 4) is 0 Å². The normalized spacial score (nSPS) is 22.0. The Hall–Kier alpha value is -1.94. The molecule has 0 bridgehead atoms. The Morgan fingerprint density at radius 1 is 1.23 bits per heavy atom. The largest absolute Gasteiger partial charge is 0.337 e. The van der Waals surface area contributed by atoms with Gasteiger partial charge in [-0.25, -0.2) is 0 Å². The van der Waals surface area contributed by atoms with Crippen molar-refractivity contribution >= 4 is 16.7 Å². The minimum atomic E-state index is 0.167. The van der Waals surface area contributed by atoms with Crippen molar-refractivity contribution in [1.29, 1.82) is 0 Å². The van der Waals surface area contributed by atoms with Gasteiger partial charge in [0.1, 0.15) is 0 Å². The molecule has 1 atom stereocenters. The predicted octanol–water partition coefficient (Wildman–Crippen LogP) is 3.82. The van der Waals surface area contributed by atoms with Crippen LogP contribution in [0.4, 0.5) is 0 Å². The Labute approximate surface area is 156 Å². The van der Waals surface area contributed by atoms with Gasteiger partial charge in [-0.15, -0.1) is 0 Å². The summed E-state index contributed by atoms with van der Waals surface area (Å²) in [6, 6.07) is 8.37. The highest BCUT2D eigenvalue weighted by Crippen LogP contribution is 2.32. The molecule has 1 aromatic carbocycles. The Morgan fingerprint density at radius 3 is 2.85 bits per heavy atom. The zero-order valence-corrected chi connectivity index (χ0v) is 15.9. The van der Waals surface area contributed by atoms with Crippen LogP contribution in [0.3, 0.4) is 0 Å². The lowest BCUT2D eigenvalue weighted by Crippen LogP contribution is -2.46. The van der Waals surface area contributed by atoms with Crippen molar-refractivity contribution < 1.29 is 4.79 Å². The molecule has 2 aliphatic rings. The van der Waals surface area contributed by atoms with E-state index in [1.165, 1.54) is 19.4 Å². The van der Waals surface area contributed by atoms with Crippen LogP contribution in [0, 0.1) is 11.8 Å². The highest BCUT2D eigenvalue weighted by molar-refractivity contribution is 6.06. The molecule has 2 aromatic rings. The van der Waals surface area contributed by atoms with E-state index in [0.29, 0.717) is 12.0 Å². The van der Waals surface area contributed by atoms with Gasteiger partial charge < -0.3 is 4.90 Å². The highest BCUT2D eigenvalue weighted by atomic mass is 16.2. The minimum Gasteiger partial charge on any atom is -0.337 e. The molecule has 138 valence electrons. The smallest absolute Gasteiger partial charge is 0.254 e. The Kier molecular flexibility index (Phi) is 4.94. The van der Waals surface area contributed by atoms with E-state index in [1.54, 1.807) is 6.20 Å². The van der Waals surface area contributed by atoms with Crippen molar-refractivity contribution in [2.24, 2.45) is 11.8 Å². The highest BCUT2D eigenvalue weighted by Gasteiger charge is 2.33. The van der Waals surface area contributed by atoms with Gasteiger partial charge in [0.05, 0.1) is 0 Å². The summed E-state index contributed by atoms with van der Waals surface area (Å²) in [5.74, 6) is 1.61. The van der Waals surface area contributed by atoms with Crippen LogP contribution < -0.4 is 0 Å². The molecule has 1 aromatic heterocycles. The maximum absolute atomic E-state index is 13.4. The van der Waals surface area contributed by atoms with Gasteiger partial charge >= 0.3 is 0 Å². The second kappa shape index (κ2) is 7.36. The summed E-state index contributed by atoms with van der Waals surface area (Å²) in [5, 5.41) is 2.04. The Morgan fingerprint density at radius 2 is 2.08 bits per heavy atom. The van der Waals surface area contributed by atoms with E-state index in [0.717, 1.165) is 48.3 Å². The minimum absolute atomic E-state index is 0.167. The van der Waals surface area contributed by atoms with Crippen molar-refractivity contribution in [2.45, 2.75) is 39.2 Å². The average molecular weight is 351 g/mol. The predicted molar refractivity (Wildman–Crippen MR) is 105 cm³/mol. The van der Waals surface area contributed by atoms with Crippen LogP contribution in [0.5, 0.6) is 0 Å². The summed E-state index contributed by atoms with van der Waals surface area (Å²) in [7, 11) is 0. The standard InChI is InChI=1S/C22H29N3O/c1-16(2)21-15-25(12-4-11-24(21)14-17-7-8-17)22(26)20-6-3-5-18-13-23-10-9-19(18)20/h3,5-6,9-10,13,16-17,21H,4,7-8,11-12,14-15H2,1-2H3/t21-/m1/s1. The van der Waals surface area contributed by atoms with Gasteiger partial charge in [-0.2, -0.15) is 0 Å². The molecule has 2 heterocycles. The van der Waals surface area contributed by atoms with E-state index < -0.39 is 0 Å². The van der Waals surface area contributed by atoms with Crippen LogP contribution in [-0.2, 0) is 0 Å². The van der Waals surface area contributed by atoms with Crippen molar-refractivity contribution in [1.82, 2.24) is 14.8 Å². The second-order valence-corrected chi connectivity index (χ2v) is 8.26. The lowest BCUT2D eigenvalue weighted by atomic mass is 10.0. The van der Waals surface area contributed by atoms with Gasteiger partial charge in [-0.1, -0.05) is 26.0 Å². The van der Waals surface area contributed by atoms with E-state index in [9.17, 15) is 4.79 Å². The molecule has 1 aliphatic carbocycles. The summed E-state index contributed by atoms with van der Waals surface area (Å²) in [6.07, 6.45) is 7.44. The lowest BCUT2D eigenvalue weighted by Gasteiger charge is -2.34. The number of rotatable bonds is 4. The first-order valence-electron chi connectivity index (χ1n) is 9.99. The summed E-state index contributed by atoms with van der Waals surface area (Å²) in [5.41, 5.74) is 0.808. The third-order valence-electron chi connectivity index (χ3n) is 5.91. The topological polar surface area (TPSA) is 36.4 Å². The lowest BCUT2D eigenvalue weighted by molar-refractivity contribution is 0.0706. The van der Waals surface area contributed by atoms with Gasteiger partial charge in [0, 0.05) is 55.6 Å². The number of hydrogen-bond donors (Lipinski definition) is 0. The van der Waals surface area contributed by atoms with E-state index in [-0.39, 0.29) is 5.91 Å². The Balaban J connectivity index is 1.58. The van der Waals surface area contributed by atoms with Gasteiger partial charge in [-0.3, -0.25) is 14.7 Å². The Bertz CT molecular complexity index is 779. The summed E-state index contributed by atoms with van der Waals surface area (Å²) >= 11 is 0. The quantitative estimate of drug-likeness (QED) is 0.840. The van der Waals surface area contributed by atoms with E-state index in [1.807, 2.05) is 30.5 Å². The molecular weight excluding hydrogens is 322 g/mol. The number of aromatic nitrogens is 1. The molecule has 0 spiro atoms. The molecule has 4 rings (SSSR count). The summed E-state index contributed by atoms with van der Waals surface area (Å²) < 4.78 is 0. The van der Waals surface area contributed by atoms with Crippen molar-refractivity contribution in [3.05, 3.63) is 42.2 Å². The number of benzene rings is 1. The molecule has 1 saturated heterocycles. The zero-order chi connectivity index (χ0) is 18.1. The first-order valence-corrected chi connectivity index (χ1v) is 9.99. The number of carbonyl (C=O) groups is 1. The average Bonchev–Trinajstić information content (AvgIpc) is 3.48. The zero-order valence-electron chi connectivity index (χ0n) is 15.9. The molecular formula is C22H29N3O. The molecule has 1 saturated carbocycles. The van der Waals surface area contributed by atoms with Crippen LogP contribution in [0.25, 0.3) is 10.8 Å². The monoisotopic (exact) mass is 351 g/mol. The number of hydrogen-bond acceptors (Lipinski definition) is 3. The third-order valence-corrected chi connectivity index (χ3v) is 5.91. The van der Waals surface area contributed by atoms with Crippen molar-refractivity contribution in [3.63, 3.8) is 0 Å². The van der Waals surface area contributed by atoms with Gasteiger partial charge in [0.25, 0.3) is 5.91 Å². The van der Waals surface area contributed by atoms with Gasteiger partial charge in [0.15, 0.2) is 0 Å². The fourth-order valence-electron chi connectivity index (χ4n) is 4.22. The van der Waals surface area contributed by atoms with Crippen LogP contribution in [0.2, 0.25) is 0 Å². The molecule has 0 unspecified atom stereocenters. The maximum atomic E-state index is 13.4. The maximum Gasteiger partial charge on any atom is 0.254 e. The van der Waals surface area contributed by atoms with E-state index in [4.69, 9.17) is 0 Å². The van der Waals surface area contributed by atoms with Crippen LogP contribution in [0.15, 0.2) is 36.7 Å². The molecule has 2 fully saturated rings. The van der Waals surface area contributed by atoms with Crippen LogP contribution >= 0.6 is 0 Å². The first-order chi connectivity index (χ1) is 12.6. The van der Waals surface area contributed by atoms with Crippen LogP contribution in [-0.4, -0.2) is 52.9 Å². The molecule has 0 N–H and O–H groups in total. The summed E-state index contributed by atoms with van der Waals surface area (Å²) in [6.45, 7) is 8.60. The first kappa shape index (κ1) is 17.5. The molecule has 4 heteroatoms. The van der Waals surface area contributed by atoms with Crippen molar-refractivity contribution in [2.75, 3.05) is 26.2 Å². The molecule has 26 heavy (non-hydrogen) atoms. The summed E-state index contributed by atoms with van der Waals surface area (Å²) in [4.78, 5) is 22.3. The third kappa shape index (κ3) is 3.61. The number of nitrogens with zero attached hydrogens (tertiary/aromatic N) is 3. The fraction of sp³-hybridized carbons (Fsp3) is 0.545. The fourth-order valence-corrected chi connectivity index (χ4v) is 4.22. The number of carbonyl (C=O) groups excluding carboxylic acids is 1. The number of fused-ring (bicyclic) bond motifs is 1. The van der Waals surface area contributed by atoms with E-state index >= 15 is 0 Å². The molecule has 1 aliphatic heterocycles.